The molecule has 8 nitrogen and oxygen atoms in total. The van der Waals surface area contributed by atoms with E-state index in [0.29, 0.717) is 36.2 Å². The highest BCUT2D eigenvalue weighted by atomic mass is 19.2. The lowest BCUT2D eigenvalue weighted by Gasteiger charge is -2.34. The van der Waals surface area contributed by atoms with E-state index in [9.17, 15) is 8.78 Å². The molecule has 2 bridgehead atoms. The minimum Gasteiger partial charge on any atom is -0.490 e. The molecule has 1 atom stereocenters. The molecule has 5 heterocycles. The third-order valence-corrected chi connectivity index (χ3v) is 6.54. The number of anilines is 2. The molecule has 2 aromatic heterocycles. The molecule has 10 heteroatoms. The molecule has 3 aromatic rings. The Hall–Kier alpha value is -3.11. The number of benzene rings is 1. The Labute approximate surface area is 188 Å². The van der Waals surface area contributed by atoms with Crippen LogP contribution in [0.15, 0.2) is 30.6 Å². The van der Waals surface area contributed by atoms with Crippen LogP contribution in [-0.4, -0.2) is 53.5 Å². The molecule has 3 saturated heterocycles. The fourth-order valence-electron chi connectivity index (χ4n) is 4.67. The van der Waals surface area contributed by atoms with E-state index in [2.05, 4.69) is 25.6 Å². The van der Waals surface area contributed by atoms with Gasteiger partial charge in [-0.15, -0.1) is 0 Å². The number of pyridine rings is 1. The normalized spacial score (nSPS) is 25.8. The molecular weight excluding hydrogens is 432 g/mol. The van der Waals surface area contributed by atoms with Gasteiger partial charge < -0.3 is 24.8 Å². The molecule has 0 radical (unpaired) electrons. The molecule has 2 N–H and O–H groups in total. The van der Waals surface area contributed by atoms with Crippen molar-refractivity contribution in [3.63, 3.8) is 0 Å². The van der Waals surface area contributed by atoms with Gasteiger partial charge in [0.2, 0.25) is 11.7 Å². The predicted octanol–water partition coefficient (Wildman–Crippen LogP) is 3.35. The highest BCUT2D eigenvalue weighted by molar-refractivity contribution is 5.87. The standard InChI is InChI=1S/C23H23F2N5O3/c24-19-15(1-3-17(20(19)25)32-11-23-7-14(8-23)31-10-23)29-22-21-16(27-12-28-22)2-4-18(30-21)33-13-5-6-26-9-13/h1-4,12-14,26H,5-11H2,(H,27,28,29)/t13-,14?,23?/m0/s1. The van der Waals surface area contributed by atoms with E-state index in [4.69, 9.17) is 14.2 Å². The Morgan fingerprint density at radius 2 is 2.06 bits per heavy atom. The summed E-state index contributed by atoms with van der Waals surface area (Å²) < 4.78 is 46.7. The Bertz CT molecular complexity index is 1190. The summed E-state index contributed by atoms with van der Waals surface area (Å²) in [4.78, 5) is 12.9. The minimum absolute atomic E-state index is 0.0382. The lowest BCUT2D eigenvalue weighted by atomic mass is 9.71. The van der Waals surface area contributed by atoms with Gasteiger partial charge in [-0.3, -0.25) is 0 Å². The van der Waals surface area contributed by atoms with Gasteiger partial charge >= 0.3 is 0 Å². The Morgan fingerprint density at radius 3 is 2.85 bits per heavy atom. The fourth-order valence-corrected chi connectivity index (χ4v) is 4.67. The Morgan fingerprint density at radius 1 is 1.15 bits per heavy atom. The molecule has 7 rings (SSSR count). The summed E-state index contributed by atoms with van der Waals surface area (Å²) in [6, 6.07) is 6.35. The summed E-state index contributed by atoms with van der Waals surface area (Å²) in [6.07, 6.45) is 4.38. The third kappa shape index (κ3) is 3.83. The summed E-state index contributed by atoms with van der Waals surface area (Å²) in [5.74, 6) is -1.53. The zero-order chi connectivity index (χ0) is 22.4. The van der Waals surface area contributed by atoms with E-state index in [1.807, 2.05) is 0 Å². The number of fused-ring (bicyclic) bond motifs is 2. The molecule has 1 saturated carbocycles. The van der Waals surface area contributed by atoms with Crippen LogP contribution in [0.25, 0.3) is 11.0 Å². The van der Waals surface area contributed by atoms with E-state index >= 15 is 0 Å². The quantitative estimate of drug-likeness (QED) is 0.561. The minimum atomic E-state index is -1.05. The van der Waals surface area contributed by atoms with Crippen LogP contribution in [0.3, 0.4) is 0 Å². The number of halogens is 2. The zero-order valence-electron chi connectivity index (χ0n) is 17.8. The van der Waals surface area contributed by atoms with Gasteiger partial charge in [-0.05, 0) is 44.0 Å². The maximum atomic E-state index is 14.9. The first-order chi connectivity index (χ1) is 16.1. The first-order valence-corrected chi connectivity index (χ1v) is 11.1. The van der Waals surface area contributed by atoms with Crippen LogP contribution >= 0.6 is 0 Å². The molecule has 0 spiro atoms. The SMILES string of the molecule is Fc1c(Nc2ncnc3ccc(O[C@H]4CCNC4)nc23)ccc(OCC23COC(C2)C3)c1F. The number of nitrogens with zero attached hydrogens (tertiary/aromatic N) is 3. The second kappa shape index (κ2) is 8.03. The largest absolute Gasteiger partial charge is 0.490 e. The maximum Gasteiger partial charge on any atom is 0.214 e. The van der Waals surface area contributed by atoms with Gasteiger partial charge in [-0.1, -0.05) is 0 Å². The highest BCUT2D eigenvalue weighted by Gasteiger charge is 2.52. The van der Waals surface area contributed by atoms with E-state index in [1.54, 1.807) is 12.1 Å². The number of hydrogen-bond acceptors (Lipinski definition) is 8. The van der Waals surface area contributed by atoms with Crippen molar-refractivity contribution < 1.29 is 23.0 Å². The average Bonchev–Trinajstić information content (AvgIpc) is 3.55. The van der Waals surface area contributed by atoms with E-state index in [-0.39, 0.29) is 28.8 Å². The number of hydrogen-bond donors (Lipinski definition) is 2. The lowest BCUT2D eigenvalue weighted by Crippen LogP contribution is -2.38. The molecule has 33 heavy (non-hydrogen) atoms. The van der Waals surface area contributed by atoms with Gasteiger partial charge in [0.1, 0.15) is 17.9 Å². The van der Waals surface area contributed by atoms with Crippen molar-refractivity contribution in [1.29, 1.82) is 0 Å². The second-order valence-electron chi connectivity index (χ2n) is 8.97. The van der Waals surface area contributed by atoms with E-state index in [1.165, 1.54) is 18.5 Å². The van der Waals surface area contributed by atoms with Crippen LogP contribution in [0, 0.1) is 17.0 Å². The summed E-state index contributed by atoms with van der Waals surface area (Å²) in [5, 5.41) is 6.08. The Kier molecular flexibility index (Phi) is 4.99. The van der Waals surface area contributed by atoms with Crippen LogP contribution in [-0.2, 0) is 4.74 Å². The van der Waals surface area contributed by atoms with Gasteiger partial charge in [0.05, 0.1) is 30.5 Å². The first kappa shape index (κ1) is 20.5. The number of ether oxygens (including phenoxy) is 3. The van der Waals surface area contributed by atoms with Crippen LogP contribution in [0.4, 0.5) is 20.3 Å². The third-order valence-electron chi connectivity index (χ3n) is 6.54. The van der Waals surface area contributed by atoms with Gasteiger partial charge in [0.15, 0.2) is 17.4 Å². The van der Waals surface area contributed by atoms with Crippen molar-refractivity contribution in [2.45, 2.75) is 31.5 Å². The van der Waals surface area contributed by atoms with Crippen LogP contribution in [0.5, 0.6) is 11.6 Å². The maximum absolute atomic E-state index is 14.9. The van der Waals surface area contributed by atoms with Crippen LogP contribution in [0.1, 0.15) is 19.3 Å². The molecule has 4 aliphatic rings. The van der Waals surface area contributed by atoms with Gasteiger partial charge in [0, 0.05) is 18.0 Å². The fraction of sp³-hybridized carbons (Fsp3) is 0.435. The van der Waals surface area contributed by atoms with Crippen LogP contribution < -0.4 is 20.1 Å². The average molecular weight is 455 g/mol. The molecule has 1 aromatic carbocycles. The van der Waals surface area contributed by atoms with Gasteiger partial charge in [-0.25, -0.2) is 19.3 Å². The van der Waals surface area contributed by atoms with Gasteiger partial charge in [0.25, 0.3) is 0 Å². The summed E-state index contributed by atoms with van der Waals surface area (Å²) >= 11 is 0. The molecule has 172 valence electrons. The second-order valence-corrected chi connectivity index (χ2v) is 8.97. The summed E-state index contributed by atoms with van der Waals surface area (Å²) in [5.41, 5.74) is 0.826. The van der Waals surface area contributed by atoms with E-state index in [0.717, 1.165) is 32.4 Å². The van der Waals surface area contributed by atoms with Crippen molar-refractivity contribution in [2.75, 3.05) is 31.6 Å². The van der Waals surface area contributed by atoms with Gasteiger partial charge in [-0.2, -0.15) is 4.39 Å². The molecule has 3 aliphatic heterocycles. The number of rotatable bonds is 7. The molecule has 4 fully saturated rings. The number of nitrogens with one attached hydrogen (secondary N) is 2. The van der Waals surface area contributed by atoms with Crippen molar-refractivity contribution >= 4 is 22.5 Å². The predicted molar refractivity (Wildman–Crippen MR) is 116 cm³/mol. The smallest absolute Gasteiger partial charge is 0.214 e. The monoisotopic (exact) mass is 455 g/mol. The zero-order valence-corrected chi connectivity index (χ0v) is 17.8. The topological polar surface area (TPSA) is 90.4 Å². The van der Waals surface area contributed by atoms with Crippen molar-refractivity contribution in [3.05, 3.63) is 42.2 Å². The van der Waals surface area contributed by atoms with Crippen molar-refractivity contribution in [3.8, 4) is 11.6 Å². The first-order valence-electron chi connectivity index (χ1n) is 11.1. The molecule has 0 unspecified atom stereocenters. The summed E-state index contributed by atoms with van der Waals surface area (Å²) in [7, 11) is 0. The highest BCUT2D eigenvalue weighted by Crippen LogP contribution is 2.50. The van der Waals surface area contributed by atoms with Crippen molar-refractivity contribution in [1.82, 2.24) is 20.3 Å². The number of aromatic nitrogens is 3. The molecular formula is C23H23F2N5O3. The van der Waals surface area contributed by atoms with E-state index < -0.39 is 11.6 Å². The Balaban J connectivity index is 1.22. The summed E-state index contributed by atoms with van der Waals surface area (Å²) in [6.45, 7) is 2.57. The molecule has 0 amide bonds. The van der Waals surface area contributed by atoms with Crippen molar-refractivity contribution in [2.24, 2.45) is 5.41 Å². The molecule has 1 aliphatic carbocycles. The lowest BCUT2D eigenvalue weighted by molar-refractivity contribution is 0.0803. The van der Waals surface area contributed by atoms with Crippen LogP contribution in [0.2, 0.25) is 0 Å².